The molecule has 0 aromatic rings. The van der Waals surface area contributed by atoms with Crippen LogP contribution in [-0.4, -0.2) is 12.5 Å². The Bertz CT molecular complexity index is 305. The van der Waals surface area contributed by atoms with Crippen LogP contribution < -0.4 is 5.32 Å². The van der Waals surface area contributed by atoms with Crippen LogP contribution in [0.15, 0.2) is 0 Å². The molecule has 0 spiro atoms. The molecule has 2 fully saturated rings. The van der Waals surface area contributed by atoms with Crippen molar-refractivity contribution in [2.75, 3.05) is 6.54 Å². The van der Waals surface area contributed by atoms with Gasteiger partial charge in [0.1, 0.15) is 0 Å². The van der Waals surface area contributed by atoms with Crippen molar-refractivity contribution in [1.82, 2.24) is 5.32 Å². The molecule has 2 aliphatic carbocycles. The third-order valence-corrected chi connectivity index (χ3v) is 4.40. The molecule has 0 radical (unpaired) electrons. The van der Waals surface area contributed by atoms with Gasteiger partial charge in [0.15, 0.2) is 0 Å². The highest BCUT2D eigenvalue weighted by Crippen LogP contribution is 2.49. The summed E-state index contributed by atoms with van der Waals surface area (Å²) in [7, 11) is 0. The van der Waals surface area contributed by atoms with Crippen LogP contribution >= 0.6 is 0 Å². The molecule has 0 heterocycles. The van der Waals surface area contributed by atoms with Crippen molar-refractivity contribution in [3.05, 3.63) is 0 Å². The maximum Gasteiger partial charge on any atom is 0.220 e. The fourth-order valence-corrected chi connectivity index (χ4v) is 3.52. The predicted octanol–water partition coefficient (Wildman–Crippen LogP) is 2.73. The van der Waals surface area contributed by atoms with E-state index in [1.54, 1.807) is 0 Å². The van der Waals surface area contributed by atoms with E-state index < -0.39 is 0 Å². The highest BCUT2D eigenvalue weighted by atomic mass is 16.1. The van der Waals surface area contributed by atoms with E-state index >= 15 is 0 Å². The van der Waals surface area contributed by atoms with Gasteiger partial charge in [-0.05, 0) is 49.9 Å². The smallest absolute Gasteiger partial charge is 0.220 e. The molecule has 0 saturated heterocycles. The second kappa shape index (κ2) is 6.10. The van der Waals surface area contributed by atoms with Crippen LogP contribution in [0.25, 0.3) is 0 Å². The zero-order valence-electron chi connectivity index (χ0n) is 10.6. The molecule has 2 aliphatic rings. The molecule has 2 bridgehead atoms. The SMILES string of the molecule is C#CCCCCNC(=O)CC1CC2CCC1C2. The number of fused-ring (bicyclic) bond motifs is 2. The number of amides is 1. The van der Waals surface area contributed by atoms with Crippen molar-refractivity contribution in [3.8, 4) is 12.3 Å². The zero-order valence-corrected chi connectivity index (χ0v) is 10.6. The first-order chi connectivity index (χ1) is 8.29. The lowest BCUT2D eigenvalue weighted by Gasteiger charge is -2.20. The Labute approximate surface area is 105 Å². The van der Waals surface area contributed by atoms with Gasteiger partial charge in [-0.15, -0.1) is 12.3 Å². The second-order valence-corrected chi connectivity index (χ2v) is 5.65. The van der Waals surface area contributed by atoms with E-state index in [2.05, 4.69) is 11.2 Å². The highest BCUT2D eigenvalue weighted by Gasteiger charge is 2.39. The van der Waals surface area contributed by atoms with Crippen LogP contribution in [0.1, 0.15) is 51.4 Å². The number of terminal acetylenes is 1. The number of hydrogen-bond donors (Lipinski definition) is 1. The molecule has 2 saturated carbocycles. The summed E-state index contributed by atoms with van der Waals surface area (Å²) >= 11 is 0. The van der Waals surface area contributed by atoms with Gasteiger partial charge in [-0.1, -0.05) is 6.42 Å². The fourth-order valence-electron chi connectivity index (χ4n) is 3.52. The van der Waals surface area contributed by atoms with Crippen molar-refractivity contribution in [2.45, 2.75) is 51.4 Å². The molecule has 3 atom stereocenters. The summed E-state index contributed by atoms with van der Waals surface area (Å²) in [4.78, 5) is 11.8. The van der Waals surface area contributed by atoms with Gasteiger partial charge in [-0.25, -0.2) is 0 Å². The van der Waals surface area contributed by atoms with E-state index in [1.165, 1.54) is 25.7 Å². The highest BCUT2D eigenvalue weighted by molar-refractivity contribution is 5.76. The molecule has 0 aromatic carbocycles. The third kappa shape index (κ3) is 3.49. The second-order valence-electron chi connectivity index (χ2n) is 5.65. The Balaban J connectivity index is 1.57. The first-order valence-corrected chi connectivity index (χ1v) is 6.99. The molecule has 94 valence electrons. The summed E-state index contributed by atoms with van der Waals surface area (Å²) in [5.41, 5.74) is 0. The molecule has 2 rings (SSSR count). The summed E-state index contributed by atoms with van der Waals surface area (Å²) in [6.07, 6.45) is 14.3. The standard InChI is InChI=1S/C15H23NO/c1-2-3-4-5-8-16-15(17)11-14-10-12-6-7-13(14)9-12/h1,12-14H,3-11H2,(H,16,17). The first kappa shape index (κ1) is 12.5. The van der Waals surface area contributed by atoms with Gasteiger partial charge in [0.25, 0.3) is 0 Å². The molecule has 0 aromatic heterocycles. The van der Waals surface area contributed by atoms with Gasteiger partial charge < -0.3 is 5.32 Å². The Morgan fingerprint density at radius 3 is 2.82 bits per heavy atom. The van der Waals surface area contributed by atoms with Crippen LogP contribution in [0.4, 0.5) is 0 Å². The number of nitrogens with one attached hydrogen (secondary N) is 1. The van der Waals surface area contributed by atoms with E-state index in [9.17, 15) is 4.79 Å². The van der Waals surface area contributed by atoms with Gasteiger partial charge in [-0.2, -0.15) is 0 Å². The quantitative estimate of drug-likeness (QED) is 0.554. The largest absolute Gasteiger partial charge is 0.356 e. The van der Waals surface area contributed by atoms with Gasteiger partial charge in [-0.3, -0.25) is 4.79 Å². The molecule has 2 nitrogen and oxygen atoms in total. The lowest BCUT2D eigenvalue weighted by Crippen LogP contribution is -2.28. The lowest BCUT2D eigenvalue weighted by molar-refractivity contribution is -0.122. The number of carbonyl (C=O) groups is 1. The first-order valence-electron chi connectivity index (χ1n) is 6.99. The van der Waals surface area contributed by atoms with Gasteiger partial charge in [0.2, 0.25) is 5.91 Å². The van der Waals surface area contributed by atoms with E-state index in [4.69, 9.17) is 6.42 Å². The molecule has 1 amide bonds. The predicted molar refractivity (Wildman–Crippen MR) is 69.2 cm³/mol. The number of unbranched alkanes of at least 4 members (excludes halogenated alkanes) is 2. The minimum Gasteiger partial charge on any atom is -0.356 e. The molecule has 17 heavy (non-hydrogen) atoms. The van der Waals surface area contributed by atoms with Crippen molar-refractivity contribution < 1.29 is 4.79 Å². The summed E-state index contributed by atoms with van der Waals surface area (Å²) in [5.74, 6) is 5.35. The van der Waals surface area contributed by atoms with Crippen LogP contribution in [0.2, 0.25) is 0 Å². The maximum absolute atomic E-state index is 11.8. The van der Waals surface area contributed by atoms with Gasteiger partial charge in [0, 0.05) is 19.4 Å². The van der Waals surface area contributed by atoms with Crippen LogP contribution in [0.5, 0.6) is 0 Å². The van der Waals surface area contributed by atoms with Crippen LogP contribution in [0, 0.1) is 30.1 Å². The summed E-state index contributed by atoms with van der Waals surface area (Å²) < 4.78 is 0. The van der Waals surface area contributed by atoms with Crippen molar-refractivity contribution in [1.29, 1.82) is 0 Å². The monoisotopic (exact) mass is 233 g/mol. The van der Waals surface area contributed by atoms with Crippen molar-refractivity contribution in [3.63, 3.8) is 0 Å². The fraction of sp³-hybridized carbons (Fsp3) is 0.800. The summed E-state index contributed by atoms with van der Waals surface area (Å²) in [6.45, 7) is 0.793. The summed E-state index contributed by atoms with van der Waals surface area (Å²) in [5, 5.41) is 3.02. The Kier molecular flexibility index (Phi) is 4.48. The van der Waals surface area contributed by atoms with Crippen molar-refractivity contribution >= 4 is 5.91 Å². The number of rotatable bonds is 6. The normalized spacial score (nSPS) is 30.2. The van der Waals surface area contributed by atoms with Gasteiger partial charge in [0.05, 0.1) is 0 Å². The molecule has 2 heteroatoms. The Morgan fingerprint density at radius 2 is 2.18 bits per heavy atom. The molecule has 0 aliphatic heterocycles. The van der Waals surface area contributed by atoms with Gasteiger partial charge >= 0.3 is 0 Å². The topological polar surface area (TPSA) is 29.1 Å². The maximum atomic E-state index is 11.8. The van der Waals surface area contributed by atoms with Crippen LogP contribution in [0.3, 0.4) is 0 Å². The molecular formula is C15H23NO. The minimum absolute atomic E-state index is 0.253. The average molecular weight is 233 g/mol. The minimum atomic E-state index is 0.253. The lowest BCUT2D eigenvalue weighted by atomic mass is 9.86. The third-order valence-electron chi connectivity index (χ3n) is 4.40. The number of hydrogen-bond acceptors (Lipinski definition) is 1. The molecule has 1 N–H and O–H groups in total. The number of carbonyl (C=O) groups excluding carboxylic acids is 1. The molecule has 3 unspecified atom stereocenters. The van der Waals surface area contributed by atoms with E-state index in [-0.39, 0.29) is 5.91 Å². The van der Waals surface area contributed by atoms with E-state index in [0.717, 1.165) is 44.1 Å². The average Bonchev–Trinajstić information content (AvgIpc) is 2.90. The van der Waals surface area contributed by atoms with Crippen molar-refractivity contribution in [2.24, 2.45) is 17.8 Å². The van der Waals surface area contributed by atoms with Crippen LogP contribution in [-0.2, 0) is 4.79 Å². The van der Waals surface area contributed by atoms with E-state index in [0.29, 0.717) is 5.92 Å². The molecular weight excluding hydrogens is 210 g/mol. The zero-order chi connectivity index (χ0) is 12.1. The Morgan fingerprint density at radius 1 is 1.29 bits per heavy atom. The Hall–Kier alpha value is -0.970. The van der Waals surface area contributed by atoms with E-state index in [1.807, 2.05) is 0 Å². The summed E-state index contributed by atoms with van der Waals surface area (Å²) in [6, 6.07) is 0.